The molecule has 21 heavy (non-hydrogen) atoms. The van der Waals surface area contributed by atoms with Crippen LogP contribution >= 0.6 is 0 Å². The SMILES string of the molecule is C=CCN1CCN(c2ccc(OC)cc2OC)C(=O)C1C. The highest BCUT2D eigenvalue weighted by molar-refractivity contribution is 5.99. The third-order valence-electron chi connectivity index (χ3n) is 3.82. The predicted octanol–water partition coefficient (Wildman–Crippen LogP) is 1.93. The van der Waals surface area contributed by atoms with Crippen LogP contribution in [0, 0.1) is 0 Å². The molecule has 1 aliphatic heterocycles. The lowest BCUT2D eigenvalue weighted by Gasteiger charge is -2.39. The van der Waals surface area contributed by atoms with Gasteiger partial charge in [-0.15, -0.1) is 6.58 Å². The molecule has 0 N–H and O–H groups in total. The molecule has 0 bridgehead atoms. The van der Waals surface area contributed by atoms with E-state index in [1.807, 2.05) is 25.1 Å². The van der Waals surface area contributed by atoms with Gasteiger partial charge in [-0.05, 0) is 19.1 Å². The van der Waals surface area contributed by atoms with E-state index >= 15 is 0 Å². The number of rotatable bonds is 5. The summed E-state index contributed by atoms with van der Waals surface area (Å²) in [5.41, 5.74) is 0.786. The summed E-state index contributed by atoms with van der Waals surface area (Å²) in [6, 6.07) is 5.34. The van der Waals surface area contributed by atoms with Crippen LogP contribution in [0.3, 0.4) is 0 Å². The van der Waals surface area contributed by atoms with Crippen molar-refractivity contribution in [2.24, 2.45) is 0 Å². The van der Waals surface area contributed by atoms with Crippen molar-refractivity contribution in [3.8, 4) is 11.5 Å². The van der Waals surface area contributed by atoms with Gasteiger partial charge in [0.2, 0.25) is 5.91 Å². The van der Waals surface area contributed by atoms with Gasteiger partial charge in [0.05, 0.1) is 25.9 Å². The number of carbonyl (C=O) groups excluding carboxylic acids is 1. The van der Waals surface area contributed by atoms with Gasteiger partial charge in [0.15, 0.2) is 0 Å². The molecule has 1 saturated heterocycles. The van der Waals surface area contributed by atoms with Gasteiger partial charge in [-0.3, -0.25) is 9.69 Å². The van der Waals surface area contributed by atoms with E-state index in [0.717, 1.165) is 18.8 Å². The van der Waals surface area contributed by atoms with Crippen molar-refractivity contribution in [3.05, 3.63) is 30.9 Å². The van der Waals surface area contributed by atoms with Crippen LogP contribution in [0.2, 0.25) is 0 Å². The predicted molar refractivity (Wildman–Crippen MR) is 83.1 cm³/mol. The molecule has 5 heteroatoms. The van der Waals surface area contributed by atoms with Crippen molar-refractivity contribution in [3.63, 3.8) is 0 Å². The van der Waals surface area contributed by atoms with Crippen LogP contribution in [0.1, 0.15) is 6.92 Å². The number of ether oxygens (including phenoxy) is 2. The second kappa shape index (κ2) is 6.63. The molecule has 0 spiro atoms. The van der Waals surface area contributed by atoms with Gasteiger partial charge < -0.3 is 14.4 Å². The summed E-state index contributed by atoms with van der Waals surface area (Å²) < 4.78 is 10.6. The topological polar surface area (TPSA) is 42.0 Å². The smallest absolute Gasteiger partial charge is 0.244 e. The number of piperazine rings is 1. The molecule has 1 fully saturated rings. The monoisotopic (exact) mass is 290 g/mol. The first-order chi connectivity index (χ1) is 10.1. The molecular formula is C16H22N2O3. The number of carbonyl (C=O) groups is 1. The molecule has 0 saturated carbocycles. The molecule has 1 atom stereocenters. The number of amides is 1. The van der Waals surface area contributed by atoms with Crippen molar-refractivity contribution >= 4 is 11.6 Å². The van der Waals surface area contributed by atoms with Crippen molar-refractivity contribution in [1.29, 1.82) is 0 Å². The minimum atomic E-state index is -0.163. The Balaban J connectivity index is 2.26. The summed E-state index contributed by atoms with van der Waals surface area (Å²) in [6.45, 7) is 7.84. The van der Waals surface area contributed by atoms with Gasteiger partial charge in [0.1, 0.15) is 11.5 Å². The molecule has 0 aliphatic carbocycles. The van der Waals surface area contributed by atoms with Crippen LogP contribution in [0.5, 0.6) is 11.5 Å². The molecule has 1 aromatic carbocycles. The first-order valence-electron chi connectivity index (χ1n) is 7.00. The summed E-state index contributed by atoms with van der Waals surface area (Å²) in [5, 5.41) is 0. The van der Waals surface area contributed by atoms with E-state index in [9.17, 15) is 4.79 Å². The second-order valence-corrected chi connectivity index (χ2v) is 4.99. The van der Waals surface area contributed by atoms with E-state index in [2.05, 4.69) is 11.5 Å². The van der Waals surface area contributed by atoms with Crippen molar-refractivity contribution in [1.82, 2.24) is 4.90 Å². The Labute approximate surface area is 125 Å². The number of benzene rings is 1. The maximum absolute atomic E-state index is 12.6. The largest absolute Gasteiger partial charge is 0.497 e. The van der Waals surface area contributed by atoms with E-state index in [-0.39, 0.29) is 11.9 Å². The van der Waals surface area contributed by atoms with Crippen LogP contribution in [0.15, 0.2) is 30.9 Å². The third kappa shape index (κ3) is 3.03. The first kappa shape index (κ1) is 15.4. The molecule has 0 radical (unpaired) electrons. The molecule has 1 aliphatic rings. The van der Waals surface area contributed by atoms with E-state index in [1.54, 1.807) is 25.2 Å². The summed E-state index contributed by atoms with van der Waals surface area (Å²) in [4.78, 5) is 16.5. The third-order valence-corrected chi connectivity index (χ3v) is 3.82. The Kier molecular flexibility index (Phi) is 4.85. The highest BCUT2D eigenvalue weighted by Gasteiger charge is 2.32. The van der Waals surface area contributed by atoms with Crippen LogP contribution in [0.25, 0.3) is 0 Å². The number of hydrogen-bond acceptors (Lipinski definition) is 4. The van der Waals surface area contributed by atoms with Crippen LogP contribution in [0.4, 0.5) is 5.69 Å². The van der Waals surface area contributed by atoms with Crippen LogP contribution in [-0.4, -0.2) is 50.7 Å². The molecule has 1 unspecified atom stereocenters. The van der Waals surface area contributed by atoms with Crippen LogP contribution < -0.4 is 14.4 Å². The highest BCUT2D eigenvalue weighted by Crippen LogP contribution is 2.33. The number of hydrogen-bond donors (Lipinski definition) is 0. The summed E-state index contributed by atoms with van der Waals surface area (Å²) in [7, 11) is 3.20. The Hall–Kier alpha value is -2.01. The van der Waals surface area contributed by atoms with Gasteiger partial charge in [0, 0.05) is 25.7 Å². The summed E-state index contributed by atoms with van der Waals surface area (Å²) in [6.07, 6.45) is 1.83. The maximum atomic E-state index is 12.6. The minimum absolute atomic E-state index is 0.0755. The fourth-order valence-electron chi connectivity index (χ4n) is 2.58. The van der Waals surface area contributed by atoms with E-state index in [0.29, 0.717) is 18.0 Å². The average Bonchev–Trinajstić information content (AvgIpc) is 2.52. The Morgan fingerprint density at radius 1 is 1.33 bits per heavy atom. The fraction of sp³-hybridized carbons (Fsp3) is 0.438. The molecule has 1 amide bonds. The second-order valence-electron chi connectivity index (χ2n) is 4.99. The average molecular weight is 290 g/mol. The normalized spacial score (nSPS) is 19.5. The van der Waals surface area contributed by atoms with E-state index in [4.69, 9.17) is 9.47 Å². The van der Waals surface area contributed by atoms with Gasteiger partial charge in [-0.1, -0.05) is 6.08 Å². The lowest BCUT2D eigenvalue weighted by atomic mass is 10.1. The lowest BCUT2D eigenvalue weighted by Crippen LogP contribution is -2.56. The summed E-state index contributed by atoms with van der Waals surface area (Å²) >= 11 is 0. The highest BCUT2D eigenvalue weighted by atomic mass is 16.5. The molecule has 114 valence electrons. The van der Waals surface area contributed by atoms with Gasteiger partial charge in [0.25, 0.3) is 0 Å². The van der Waals surface area contributed by atoms with E-state index < -0.39 is 0 Å². The van der Waals surface area contributed by atoms with E-state index in [1.165, 1.54) is 0 Å². The zero-order chi connectivity index (χ0) is 15.4. The molecule has 1 heterocycles. The number of methoxy groups -OCH3 is 2. The fourth-order valence-corrected chi connectivity index (χ4v) is 2.58. The van der Waals surface area contributed by atoms with Gasteiger partial charge in [-0.25, -0.2) is 0 Å². The molecule has 2 rings (SSSR count). The molecule has 1 aromatic rings. The van der Waals surface area contributed by atoms with Gasteiger partial charge in [-0.2, -0.15) is 0 Å². The molecule has 0 aromatic heterocycles. The Morgan fingerprint density at radius 2 is 2.10 bits per heavy atom. The van der Waals surface area contributed by atoms with Crippen LogP contribution in [-0.2, 0) is 4.79 Å². The van der Waals surface area contributed by atoms with Crippen molar-refractivity contribution in [2.45, 2.75) is 13.0 Å². The zero-order valence-corrected chi connectivity index (χ0v) is 12.8. The number of nitrogens with zero attached hydrogens (tertiary/aromatic N) is 2. The zero-order valence-electron chi connectivity index (χ0n) is 12.8. The standard InChI is InChI=1S/C16H22N2O3/c1-5-8-17-9-10-18(16(19)12(17)2)14-7-6-13(20-3)11-15(14)21-4/h5-7,11-12H,1,8-10H2,2-4H3. The first-order valence-corrected chi connectivity index (χ1v) is 7.00. The Morgan fingerprint density at radius 3 is 2.71 bits per heavy atom. The Bertz CT molecular complexity index is 530. The summed E-state index contributed by atoms with van der Waals surface area (Å²) in [5.74, 6) is 1.43. The minimum Gasteiger partial charge on any atom is -0.497 e. The quantitative estimate of drug-likeness (QED) is 0.777. The lowest BCUT2D eigenvalue weighted by molar-refractivity contribution is -0.125. The molecular weight excluding hydrogens is 268 g/mol. The van der Waals surface area contributed by atoms with Gasteiger partial charge >= 0.3 is 0 Å². The van der Waals surface area contributed by atoms with Crippen molar-refractivity contribution in [2.75, 3.05) is 38.8 Å². The maximum Gasteiger partial charge on any atom is 0.244 e. The number of anilines is 1. The molecule has 5 nitrogen and oxygen atoms in total. The van der Waals surface area contributed by atoms with Crippen molar-refractivity contribution < 1.29 is 14.3 Å².